The van der Waals surface area contributed by atoms with Crippen LogP contribution in [0, 0.1) is 0 Å². The molecule has 1 N–H and O–H groups in total. The molecule has 1 fully saturated rings. The third-order valence-electron chi connectivity index (χ3n) is 4.24. The summed E-state index contributed by atoms with van der Waals surface area (Å²) >= 11 is 1.71. The van der Waals surface area contributed by atoms with Crippen LogP contribution in [-0.2, 0) is 6.42 Å². The van der Waals surface area contributed by atoms with Crippen molar-refractivity contribution in [3.8, 4) is 0 Å². The summed E-state index contributed by atoms with van der Waals surface area (Å²) in [5.74, 6) is 0. The van der Waals surface area contributed by atoms with Gasteiger partial charge in [-0.1, -0.05) is 19.3 Å². The second-order valence-electron chi connectivity index (χ2n) is 5.41. The monoisotopic (exact) mass is 253 g/mol. The molecule has 17 heavy (non-hydrogen) atoms. The van der Waals surface area contributed by atoms with Gasteiger partial charge in [0.1, 0.15) is 0 Å². The molecule has 1 aliphatic rings. The number of hydrogen-bond donors (Lipinski definition) is 1. The Morgan fingerprint density at radius 2 is 2.06 bits per heavy atom. The maximum Gasteiger partial charge on any atom is 0.0764 e. The van der Waals surface area contributed by atoms with E-state index >= 15 is 0 Å². The van der Waals surface area contributed by atoms with E-state index in [1.807, 2.05) is 0 Å². The average Bonchev–Trinajstić information content (AvgIpc) is 2.82. The van der Waals surface area contributed by atoms with E-state index in [0.29, 0.717) is 0 Å². The van der Waals surface area contributed by atoms with Crippen molar-refractivity contribution in [2.75, 3.05) is 14.1 Å². The summed E-state index contributed by atoms with van der Waals surface area (Å²) in [4.78, 5) is 2.25. The van der Waals surface area contributed by atoms with E-state index in [2.05, 4.69) is 35.8 Å². The molecule has 1 heterocycles. The molecule has 1 aliphatic carbocycles. The molecular formula is C14H23NOS. The van der Waals surface area contributed by atoms with Gasteiger partial charge in [-0.2, -0.15) is 11.3 Å². The topological polar surface area (TPSA) is 23.5 Å². The molecule has 0 saturated heterocycles. The third-order valence-corrected chi connectivity index (χ3v) is 4.97. The minimum absolute atomic E-state index is 0.000185. The van der Waals surface area contributed by atoms with Gasteiger partial charge >= 0.3 is 0 Å². The Balaban J connectivity index is 2.09. The lowest BCUT2D eigenvalue weighted by Crippen LogP contribution is -2.55. The fourth-order valence-corrected chi connectivity index (χ4v) is 3.75. The highest BCUT2D eigenvalue weighted by atomic mass is 32.1. The summed E-state index contributed by atoms with van der Waals surface area (Å²) in [7, 11) is 4.23. The molecule has 1 aromatic rings. The van der Waals surface area contributed by atoms with Crippen molar-refractivity contribution >= 4 is 11.3 Å². The molecule has 1 saturated carbocycles. The number of aliphatic hydroxyl groups excluding tert-OH is 1. The van der Waals surface area contributed by atoms with E-state index in [-0.39, 0.29) is 11.6 Å². The van der Waals surface area contributed by atoms with Crippen molar-refractivity contribution in [2.45, 2.75) is 50.2 Å². The Labute approximate surface area is 108 Å². The lowest BCUT2D eigenvalue weighted by atomic mass is 9.75. The molecule has 3 heteroatoms. The van der Waals surface area contributed by atoms with Gasteiger partial charge < -0.3 is 10.0 Å². The Kier molecular flexibility index (Phi) is 4.23. The van der Waals surface area contributed by atoms with E-state index in [9.17, 15) is 5.11 Å². The van der Waals surface area contributed by atoms with Crippen LogP contribution in [0.25, 0.3) is 0 Å². The van der Waals surface area contributed by atoms with Gasteiger partial charge in [0.25, 0.3) is 0 Å². The summed E-state index contributed by atoms with van der Waals surface area (Å²) < 4.78 is 0. The van der Waals surface area contributed by atoms with Crippen LogP contribution in [-0.4, -0.2) is 35.7 Å². The first-order valence-electron chi connectivity index (χ1n) is 6.52. The normalized spacial score (nSPS) is 21.6. The SMILES string of the molecule is CN(C)C1(C(O)Cc2ccsc2)CCCCC1. The van der Waals surface area contributed by atoms with Crippen LogP contribution in [0.1, 0.15) is 37.7 Å². The molecular weight excluding hydrogens is 230 g/mol. The van der Waals surface area contributed by atoms with Crippen LogP contribution in [0.15, 0.2) is 16.8 Å². The van der Waals surface area contributed by atoms with Crippen molar-refractivity contribution in [1.29, 1.82) is 0 Å². The molecule has 2 nitrogen and oxygen atoms in total. The molecule has 0 spiro atoms. The molecule has 0 aliphatic heterocycles. The molecule has 0 aromatic carbocycles. The average molecular weight is 253 g/mol. The summed E-state index contributed by atoms with van der Waals surface area (Å²) in [5, 5.41) is 14.9. The lowest BCUT2D eigenvalue weighted by molar-refractivity contribution is -0.0309. The molecule has 1 atom stereocenters. The summed E-state index contributed by atoms with van der Waals surface area (Å²) in [5.41, 5.74) is 1.27. The highest BCUT2D eigenvalue weighted by Crippen LogP contribution is 2.36. The maximum absolute atomic E-state index is 10.6. The first kappa shape index (κ1) is 13.1. The zero-order chi connectivity index (χ0) is 12.3. The minimum Gasteiger partial charge on any atom is -0.391 e. The van der Waals surface area contributed by atoms with Gasteiger partial charge in [-0.25, -0.2) is 0 Å². The Hall–Kier alpha value is -0.380. The summed E-state index contributed by atoms with van der Waals surface area (Å²) in [6.07, 6.45) is 6.63. The van der Waals surface area contributed by atoms with Crippen LogP contribution in [0.5, 0.6) is 0 Å². The van der Waals surface area contributed by atoms with Crippen molar-refractivity contribution in [2.24, 2.45) is 0 Å². The van der Waals surface area contributed by atoms with Crippen LogP contribution < -0.4 is 0 Å². The fourth-order valence-electron chi connectivity index (χ4n) is 3.06. The smallest absolute Gasteiger partial charge is 0.0764 e. The molecule has 0 bridgehead atoms. The molecule has 2 rings (SSSR count). The van der Waals surface area contributed by atoms with E-state index in [1.54, 1.807) is 11.3 Å². The quantitative estimate of drug-likeness (QED) is 0.892. The van der Waals surface area contributed by atoms with Gasteiger partial charge in [0.05, 0.1) is 6.10 Å². The molecule has 96 valence electrons. The Morgan fingerprint density at radius 3 is 2.59 bits per heavy atom. The Morgan fingerprint density at radius 1 is 1.35 bits per heavy atom. The standard InChI is InChI=1S/C14H23NOS/c1-15(2)14(7-4-3-5-8-14)13(16)10-12-6-9-17-11-12/h6,9,11,13,16H,3-5,7-8,10H2,1-2H3. The van der Waals surface area contributed by atoms with Crippen LogP contribution in [0.3, 0.4) is 0 Å². The van der Waals surface area contributed by atoms with Crippen molar-refractivity contribution in [3.05, 3.63) is 22.4 Å². The second-order valence-corrected chi connectivity index (χ2v) is 6.19. The largest absolute Gasteiger partial charge is 0.391 e. The number of nitrogens with zero attached hydrogens (tertiary/aromatic N) is 1. The molecule has 1 aromatic heterocycles. The number of hydrogen-bond acceptors (Lipinski definition) is 3. The van der Waals surface area contributed by atoms with Gasteiger partial charge in [0.2, 0.25) is 0 Å². The zero-order valence-electron chi connectivity index (χ0n) is 10.9. The van der Waals surface area contributed by atoms with E-state index < -0.39 is 0 Å². The lowest BCUT2D eigenvalue weighted by Gasteiger charge is -2.46. The van der Waals surface area contributed by atoms with Crippen LogP contribution in [0.4, 0.5) is 0 Å². The Bertz CT molecular complexity index is 328. The van der Waals surface area contributed by atoms with Crippen molar-refractivity contribution in [3.63, 3.8) is 0 Å². The first-order chi connectivity index (χ1) is 8.15. The number of aliphatic hydroxyl groups is 1. The van der Waals surface area contributed by atoms with Gasteiger partial charge in [-0.15, -0.1) is 0 Å². The highest BCUT2D eigenvalue weighted by molar-refractivity contribution is 7.07. The van der Waals surface area contributed by atoms with E-state index in [0.717, 1.165) is 19.3 Å². The summed E-state index contributed by atoms with van der Waals surface area (Å²) in [6.45, 7) is 0. The number of likely N-dealkylation sites (N-methyl/N-ethyl adjacent to an activating group) is 1. The predicted molar refractivity (Wildman–Crippen MR) is 73.5 cm³/mol. The van der Waals surface area contributed by atoms with Crippen molar-refractivity contribution in [1.82, 2.24) is 4.90 Å². The second kappa shape index (κ2) is 5.51. The summed E-state index contributed by atoms with van der Waals surface area (Å²) in [6, 6.07) is 2.13. The highest BCUT2D eigenvalue weighted by Gasteiger charge is 2.40. The molecule has 0 radical (unpaired) electrons. The van der Waals surface area contributed by atoms with Crippen LogP contribution in [0.2, 0.25) is 0 Å². The predicted octanol–water partition coefficient (Wildman–Crippen LogP) is 2.92. The van der Waals surface area contributed by atoms with Gasteiger partial charge in [0, 0.05) is 12.0 Å². The van der Waals surface area contributed by atoms with Gasteiger partial charge in [-0.3, -0.25) is 0 Å². The van der Waals surface area contributed by atoms with E-state index in [1.165, 1.54) is 24.8 Å². The third kappa shape index (κ3) is 2.72. The number of rotatable bonds is 4. The molecule has 1 unspecified atom stereocenters. The van der Waals surface area contributed by atoms with Gasteiger partial charge in [0.15, 0.2) is 0 Å². The zero-order valence-corrected chi connectivity index (χ0v) is 11.7. The fraction of sp³-hybridized carbons (Fsp3) is 0.714. The number of thiophene rings is 1. The maximum atomic E-state index is 10.6. The van der Waals surface area contributed by atoms with Gasteiger partial charge in [-0.05, 0) is 49.3 Å². The minimum atomic E-state index is -0.243. The first-order valence-corrected chi connectivity index (χ1v) is 7.46. The van der Waals surface area contributed by atoms with E-state index in [4.69, 9.17) is 0 Å². The molecule has 0 amide bonds. The van der Waals surface area contributed by atoms with Crippen molar-refractivity contribution < 1.29 is 5.11 Å². The van der Waals surface area contributed by atoms with Crippen LogP contribution >= 0.6 is 11.3 Å².